The van der Waals surface area contributed by atoms with Crippen LogP contribution in [-0.2, 0) is 9.59 Å². The quantitative estimate of drug-likeness (QED) is 0.137. The Hall–Kier alpha value is -1.61. The van der Waals surface area contributed by atoms with Gasteiger partial charge in [0.1, 0.15) is 6.04 Å². The van der Waals surface area contributed by atoms with Crippen molar-refractivity contribution in [1.29, 1.82) is 0 Å². The van der Waals surface area contributed by atoms with Crippen molar-refractivity contribution >= 4 is 23.7 Å². The van der Waals surface area contributed by atoms with Crippen molar-refractivity contribution < 1.29 is 24.7 Å². The van der Waals surface area contributed by atoms with Gasteiger partial charge in [-0.1, -0.05) is 51.9 Å². The number of unbranched alkanes of at least 4 members (excludes halogenated alkanes) is 7. The van der Waals surface area contributed by atoms with E-state index in [-0.39, 0.29) is 28.0 Å². The number of hydrogen-bond acceptors (Lipinski definition) is 6. The Balaban J connectivity index is 4.59. The lowest BCUT2D eigenvalue weighted by Gasteiger charge is -2.16. The fourth-order valence-corrected chi connectivity index (χ4v) is 4.21. The second-order valence-corrected chi connectivity index (χ2v) is 8.93. The van der Waals surface area contributed by atoms with E-state index in [1.54, 1.807) is 6.08 Å². The van der Waals surface area contributed by atoms with Gasteiger partial charge < -0.3 is 15.9 Å². The Bertz CT molecular complexity index is 542. The monoisotopic (exact) mass is 446 g/mol. The number of hydrogen-bond donors (Lipinski definition) is 3. The zero-order valence-electron chi connectivity index (χ0n) is 18.1. The standard InChI is InChI=1S/C21H38N2O6S/c1-2-3-4-8-11-17(23(28)29)14-15-18(30-16-19(22)21(26)27)12-9-6-5-7-10-13-20(24)25/h14,18-19H,2-13,15-16,22H2,1H3,(H,24,25)(H,26,27)/b17-14+/t18?,19-/m0/s1. The fraction of sp³-hybridized carbons (Fsp3) is 0.810. The molecule has 8 nitrogen and oxygen atoms in total. The van der Waals surface area contributed by atoms with Gasteiger partial charge in [-0.3, -0.25) is 19.7 Å². The number of nitrogens with two attached hydrogens (primary N) is 1. The molecule has 0 amide bonds. The molecule has 1 unspecified atom stereocenters. The third-order valence-electron chi connectivity index (χ3n) is 4.88. The molecule has 0 spiro atoms. The molecule has 4 N–H and O–H groups in total. The first-order valence-electron chi connectivity index (χ1n) is 10.9. The average Bonchev–Trinajstić information content (AvgIpc) is 2.68. The molecule has 30 heavy (non-hydrogen) atoms. The number of carbonyl (C=O) groups is 2. The number of thioether (sulfide) groups is 1. The molecule has 0 aliphatic heterocycles. The van der Waals surface area contributed by atoms with Gasteiger partial charge in [0.15, 0.2) is 0 Å². The van der Waals surface area contributed by atoms with Crippen molar-refractivity contribution in [3.63, 3.8) is 0 Å². The number of carboxylic acids is 2. The van der Waals surface area contributed by atoms with E-state index in [9.17, 15) is 19.7 Å². The minimum atomic E-state index is -1.04. The van der Waals surface area contributed by atoms with E-state index in [1.165, 1.54) is 11.8 Å². The molecule has 0 heterocycles. The molecule has 0 aliphatic carbocycles. The van der Waals surface area contributed by atoms with E-state index in [0.717, 1.165) is 57.8 Å². The molecule has 0 aromatic carbocycles. The highest BCUT2D eigenvalue weighted by Crippen LogP contribution is 2.24. The predicted molar refractivity (Wildman–Crippen MR) is 120 cm³/mol. The molecule has 174 valence electrons. The second kappa shape index (κ2) is 18.2. The molecule has 0 radical (unpaired) electrons. The maximum atomic E-state index is 11.3. The summed E-state index contributed by atoms with van der Waals surface area (Å²) in [4.78, 5) is 32.5. The second-order valence-electron chi connectivity index (χ2n) is 7.60. The molecule has 2 atom stereocenters. The van der Waals surface area contributed by atoms with Crippen LogP contribution in [-0.4, -0.2) is 44.1 Å². The van der Waals surface area contributed by atoms with Crippen molar-refractivity contribution in [3.8, 4) is 0 Å². The molecule has 0 bridgehead atoms. The molecule has 0 saturated carbocycles. The summed E-state index contributed by atoms with van der Waals surface area (Å²) >= 11 is 1.47. The summed E-state index contributed by atoms with van der Waals surface area (Å²) in [5, 5.41) is 29.0. The Labute approximate surface area is 183 Å². The number of allylic oxidation sites excluding steroid dienone is 2. The zero-order valence-corrected chi connectivity index (χ0v) is 18.9. The van der Waals surface area contributed by atoms with Crippen LogP contribution >= 0.6 is 11.8 Å². The number of nitro groups is 1. The Morgan fingerprint density at radius 3 is 2.23 bits per heavy atom. The minimum Gasteiger partial charge on any atom is -0.481 e. The van der Waals surface area contributed by atoms with Crippen LogP contribution in [0.5, 0.6) is 0 Å². The molecular weight excluding hydrogens is 408 g/mol. The van der Waals surface area contributed by atoms with E-state index < -0.39 is 18.0 Å². The summed E-state index contributed by atoms with van der Waals surface area (Å²) in [6.07, 6.45) is 12.0. The lowest BCUT2D eigenvalue weighted by atomic mass is 10.1. The van der Waals surface area contributed by atoms with Crippen LogP contribution in [0.3, 0.4) is 0 Å². The van der Waals surface area contributed by atoms with Crippen LogP contribution in [0.4, 0.5) is 0 Å². The smallest absolute Gasteiger partial charge is 0.321 e. The molecule has 0 saturated heterocycles. The highest BCUT2D eigenvalue weighted by atomic mass is 32.2. The van der Waals surface area contributed by atoms with Crippen LogP contribution in [0.1, 0.15) is 90.4 Å². The zero-order chi connectivity index (χ0) is 22.8. The number of rotatable bonds is 20. The Kier molecular flexibility index (Phi) is 17.2. The Morgan fingerprint density at radius 2 is 1.63 bits per heavy atom. The lowest BCUT2D eigenvalue weighted by Crippen LogP contribution is -2.33. The Morgan fingerprint density at radius 1 is 1.03 bits per heavy atom. The van der Waals surface area contributed by atoms with Gasteiger partial charge in [-0.25, -0.2) is 0 Å². The third kappa shape index (κ3) is 16.2. The van der Waals surface area contributed by atoms with Crippen molar-refractivity contribution in [1.82, 2.24) is 0 Å². The molecule has 0 rings (SSSR count). The first-order valence-corrected chi connectivity index (χ1v) is 12.0. The van der Waals surface area contributed by atoms with Crippen molar-refractivity contribution in [2.75, 3.05) is 5.75 Å². The van der Waals surface area contributed by atoms with Gasteiger partial charge in [-0.15, -0.1) is 0 Å². The molecule has 0 aromatic rings. The summed E-state index contributed by atoms with van der Waals surface area (Å²) < 4.78 is 0. The highest BCUT2D eigenvalue weighted by Gasteiger charge is 2.17. The van der Waals surface area contributed by atoms with Crippen LogP contribution in [0.2, 0.25) is 0 Å². The summed E-state index contributed by atoms with van der Waals surface area (Å²) in [6.45, 7) is 2.10. The highest BCUT2D eigenvalue weighted by molar-refractivity contribution is 8.00. The summed E-state index contributed by atoms with van der Waals surface area (Å²) in [5.41, 5.74) is 5.85. The van der Waals surface area contributed by atoms with E-state index in [0.29, 0.717) is 19.3 Å². The topological polar surface area (TPSA) is 144 Å². The maximum Gasteiger partial charge on any atom is 0.321 e. The van der Waals surface area contributed by atoms with Gasteiger partial charge in [0, 0.05) is 23.8 Å². The van der Waals surface area contributed by atoms with Gasteiger partial charge in [0.25, 0.3) is 0 Å². The van der Waals surface area contributed by atoms with E-state index in [1.807, 2.05) is 0 Å². The number of carboxylic acid groups (broad SMARTS) is 2. The predicted octanol–water partition coefficient (Wildman–Crippen LogP) is 4.84. The van der Waals surface area contributed by atoms with Crippen LogP contribution < -0.4 is 5.73 Å². The van der Waals surface area contributed by atoms with Crippen LogP contribution in [0.15, 0.2) is 11.8 Å². The largest absolute Gasteiger partial charge is 0.481 e. The van der Waals surface area contributed by atoms with Crippen molar-refractivity contribution in [2.45, 2.75) is 102 Å². The van der Waals surface area contributed by atoms with E-state index in [2.05, 4.69) is 6.92 Å². The number of aliphatic carboxylic acids is 2. The van der Waals surface area contributed by atoms with Crippen LogP contribution in [0.25, 0.3) is 0 Å². The van der Waals surface area contributed by atoms with Gasteiger partial charge in [0.2, 0.25) is 5.70 Å². The molecule has 9 heteroatoms. The minimum absolute atomic E-state index is 0.0833. The summed E-state index contributed by atoms with van der Waals surface area (Å²) in [7, 11) is 0. The van der Waals surface area contributed by atoms with Crippen LogP contribution in [0, 0.1) is 10.1 Å². The molecule has 0 aliphatic rings. The van der Waals surface area contributed by atoms with Crippen molar-refractivity contribution in [2.24, 2.45) is 5.73 Å². The SMILES string of the molecule is CCCCCC/C(=C\CC(CCCCCCCC(=O)O)SC[C@H](N)C(=O)O)[N+](=O)[O-]. The van der Waals surface area contributed by atoms with E-state index >= 15 is 0 Å². The summed E-state index contributed by atoms with van der Waals surface area (Å²) in [5.74, 6) is -1.54. The first kappa shape index (κ1) is 28.4. The molecule has 0 aromatic heterocycles. The van der Waals surface area contributed by atoms with Gasteiger partial charge in [-0.05, 0) is 31.8 Å². The maximum absolute atomic E-state index is 11.3. The van der Waals surface area contributed by atoms with Gasteiger partial charge >= 0.3 is 11.9 Å². The average molecular weight is 447 g/mol. The first-order chi connectivity index (χ1) is 14.3. The van der Waals surface area contributed by atoms with Gasteiger partial charge in [-0.2, -0.15) is 11.8 Å². The molecular formula is C21H38N2O6S. The van der Waals surface area contributed by atoms with Crippen molar-refractivity contribution in [3.05, 3.63) is 21.9 Å². The summed E-state index contributed by atoms with van der Waals surface area (Å²) in [6, 6.07) is -0.943. The normalized spacial score (nSPS) is 13.7. The van der Waals surface area contributed by atoms with Gasteiger partial charge in [0.05, 0.1) is 4.92 Å². The lowest BCUT2D eigenvalue weighted by molar-refractivity contribution is -0.428. The van der Waals surface area contributed by atoms with E-state index in [4.69, 9.17) is 15.9 Å². The fourth-order valence-electron chi connectivity index (χ4n) is 3.03. The molecule has 0 fully saturated rings. The number of nitrogens with zero attached hydrogens (tertiary/aromatic N) is 1. The third-order valence-corrected chi connectivity index (χ3v) is 6.33.